The highest BCUT2D eigenvalue weighted by Gasteiger charge is 2.02. The lowest BCUT2D eigenvalue weighted by atomic mass is 10.1. The molecule has 2 nitrogen and oxygen atoms in total. The zero-order valence-electron chi connectivity index (χ0n) is 11.6. The van der Waals surface area contributed by atoms with Crippen LogP contribution >= 0.6 is 0 Å². The second kappa shape index (κ2) is 8.09. The van der Waals surface area contributed by atoms with Crippen LogP contribution in [0, 0.1) is 11.7 Å². The van der Waals surface area contributed by atoms with E-state index < -0.39 is 0 Å². The van der Waals surface area contributed by atoms with E-state index in [0.29, 0.717) is 24.8 Å². The van der Waals surface area contributed by atoms with E-state index in [1.54, 1.807) is 6.07 Å². The van der Waals surface area contributed by atoms with Crippen LogP contribution in [0.25, 0.3) is 0 Å². The maximum absolute atomic E-state index is 13.4. The van der Waals surface area contributed by atoms with Crippen LogP contribution in [-0.4, -0.2) is 13.2 Å². The van der Waals surface area contributed by atoms with Crippen molar-refractivity contribution < 1.29 is 9.13 Å². The summed E-state index contributed by atoms with van der Waals surface area (Å²) in [6, 6.07) is 4.90. The third-order valence-corrected chi connectivity index (χ3v) is 2.70. The second-order valence-electron chi connectivity index (χ2n) is 4.96. The van der Waals surface area contributed by atoms with E-state index in [-0.39, 0.29) is 5.82 Å². The van der Waals surface area contributed by atoms with Crippen LogP contribution in [0.3, 0.4) is 0 Å². The van der Waals surface area contributed by atoms with Crippen LogP contribution in [-0.2, 0) is 6.54 Å². The van der Waals surface area contributed by atoms with E-state index >= 15 is 0 Å². The van der Waals surface area contributed by atoms with Gasteiger partial charge in [0.25, 0.3) is 0 Å². The Labute approximate surface area is 110 Å². The number of hydrogen-bond donors (Lipinski definition) is 1. The summed E-state index contributed by atoms with van der Waals surface area (Å²) in [7, 11) is 0. The third-order valence-electron chi connectivity index (χ3n) is 2.70. The molecule has 0 heterocycles. The molecule has 0 radical (unpaired) electrons. The molecule has 0 fully saturated rings. The molecule has 1 rings (SSSR count). The van der Waals surface area contributed by atoms with Gasteiger partial charge in [-0.15, -0.1) is 0 Å². The van der Waals surface area contributed by atoms with Crippen molar-refractivity contribution in [3.63, 3.8) is 0 Å². The fourth-order valence-corrected chi connectivity index (χ4v) is 1.76. The molecule has 0 saturated carbocycles. The predicted molar refractivity (Wildman–Crippen MR) is 73.3 cm³/mol. The van der Waals surface area contributed by atoms with Gasteiger partial charge in [-0.2, -0.15) is 0 Å². The number of hydrogen-bond acceptors (Lipinski definition) is 2. The molecule has 0 aliphatic carbocycles. The van der Waals surface area contributed by atoms with Gasteiger partial charge in [0, 0.05) is 12.6 Å². The van der Waals surface area contributed by atoms with Crippen molar-refractivity contribution in [1.29, 1.82) is 0 Å². The van der Waals surface area contributed by atoms with E-state index in [1.165, 1.54) is 6.07 Å². The maximum atomic E-state index is 13.4. The molecule has 0 saturated heterocycles. The first-order chi connectivity index (χ1) is 8.61. The molecule has 1 N–H and O–H groups in total. The van der Waals surface area contributed by atoms with Crippen molar-refractivity contribution >= 4 is 0 Å². The van der Waals surface area contributed by atoms with Gasteiger partial charge in [0.15, 0.2) is 0 Å². The first-order valence-electron chi connectivity index (χ1n) is 6.74. The fourth-order valence-electron chi connectivity index (χ4n) is 1.76. The van der Waals surface area contributed by atoms with Crippen LogP contribution in [0.5, 0.6) is 5.75 Å². The summed E-state index contributed by atoms with van der Waals surface area (Å²) < 4.78 is 19.0. The largest absolute Gasteiger partial charge is 0.493 e. The predicted octanol–water partition coefficient (Wildman–Crippen LogP) is 3.75. The Balaban J connectivity index is 2.46. The van der Waals surface area contributed by atoms with Crippen LogP contribution in [0.2, 0.25) is 0 Å². The molecule has 102 valence electrons. The molecule has 0 aromatic heterocycles. The fraction of sp³-hybridized carbons (Fsp3) is 0.600. The van der Waals surface area contributed by atoms with Crippen molar-refractivity contribution in [2.24, 2.45) is 5.92 Å². The summed E-state index contributed by atoms with van der Waals surface area (Å²) in [5.74, 6) is 1.08. The number of benzene rings is 1. The standard InChI is InChI=1S/C15H24FNO/c1-4-17-11-13-8-14(16)10-15(9-13)18-7-5-6-12(2)3/h8-10,12,17H,4-7,11H2,1-3H3. The molecule has 0 spiro atoms. The average molecular weight is 253 g/mol. The lowest BCUT2D eigenvalue weighted by Crippen LogP contribution is -2.12. The highest BCUT2D eigenvalue weighted by atomic mass is 19.1. The normalized spacial score (nSPS) is 10.9. The van der Waals surface area contributed by atoms with E-state index in [4.69, 9.17) is 4.74 Å². The minimum atomic E-state index is -0.232. The summed E-state index contributed by atoms with van der Waals surface area (Å²) in [6.07, 6.45) is 2.15. The van der Waals surface area contributed by atoms with Gasteiger partial charge in [-0.3, -0.25) is 0 Å². The van der Waals surface area contributed by atoms with Gasteiger partial charge in [-0.05, 0) is 43.0 Å². The smallest absolute Gasteiger partial charge is 0.127 e. The van der Waals surface area contributed by atoms with Crippen molar-refractivity contribution in [2.75, 3.05) is 13.2 Å². The van der Waals surface area contributed by atoms with Crippen LogP contribution in [0.4, 0.5) is 4.39 Å². The molecule has 0 bridgehead atoms. The van der Waals surface area contributed by atoms with Crippen molar-refractivity contribution in [1.82, 2.24) is 5.32 Å². The molecule has 0 aliphatic rings. The average Bonchev–Trinajstić information content (AvgIpc) is 2.31. The lowest BCUT2D eigenvalue weighted by molar-refractivity contribution is 0.296. The van der Waals surface area contributed by atoms with Crippen molar-refractivity contribution in [3.05, 3.63) is 29.6 Å². The molecule has 0 amide bonds. The number of rotatable bonds is 8. The van der Waals surface area contributed by atoms with Gasteiger partial charge in [0.2, 0.25) is 0 Å². The molecule has 0 aliphatic heterocycles. The van der Waals surface area contributed by atoms with Gasteiger partial charge in [-0.1, -0.05) is 20.8 Å². The lowest BCUT2D eigenvalue weighted by Gasteiger charge is -2.10. The maximum Gasteiger partial charge on any atom is 0.127 e. The Bertz CT molecular complexity index is 352. The Morgan fingerprint density at radius 3 is 2.72 bits per heavy atom. The van der Waals surface area contributed by atoms with Crippen LogP contribution in [0.15, 0.2) is 18.2 Å². The molecule has 0 unspecified atom stereocenters. The highest BCUT2D eigenvalue weighted by molar-refractivity contribution is 5.29. The van der Waals surface area contributed by atoms with Gasteiger partial charge < -0.3 is 10.1 Å². The summed E-state index contributed by atoms with van der Waals surface area (Å²) >= 11 is 0. The monoisotopic (exact) mass is 253 g/mol. The summed E-state index contributed by atoms with van der Waals surface area (Å²) in [5.41, 5.74) is 0.927. The van der Waals surface area contributed by atoms with Gasteiger partial charge in [-0.25, -0.2) is 4.39 Å². The van der Waals surface area contributed by atoms with Crippen molar-refractivity contribution in [3.8, 4) is 5.75 Å². The molecular formula is C15H24FNO. The van der Waals surface area contributed by atoms with E-state index in [2.05, 4.69) is 19.2 Å². The number of nitrogens with one attached hydrogen (secondary N) is 1. The van der Waals surface area contributed by atoms with E-state index in [0.717, 1.165) is 24.9 Å². The zero-order valence-corrected chi connectivity index (χ0v) is 11.6. The van der Waals surface area contributed by atoms with E-state index in [9.17, 15) is 4.39 Å². The highest BCUT2D eigenvalue weighted by Crippen LogP contribution is 2.17. The first-order valence-corrected chi connectivity index (χ1v) is 6.74. The molecule has 1 aromatic carbocycles. The summed E-state index contributed by atoms with van der Waals surface area (Å²) in [4.78, 5) is 0. The molecular weight excluding hydrogens is 229 g/mol. The second-order valence-corrected chi connectivity index (χ2v) is 4.96. The quantitative estimate of drug-likeness (QED) is 0.712. The molecule has 1 aromatic rings. The van der Waals surface area contributed by atoms with Gasteiger partial charge in [0.1, 0.15) is 11.6 Å². The topological polar surface area (TPSA) is 21.3 Å². The third kappa shape index (κ3) is 6.01. The van der Waals surface area contributed by atoms with Gasteiger partial charge in [0.05, 0.1) is 6.61 Å². The van der Waals surface area contributed by atoms with Crippen LogP contribution in [0.1, 0.15) is 39.2 Å². The van der Waals surface area contributed by atoms with Crippen molar-refractivity contribution in [2.45, 2.75) is 40.2 Å². The summed E-state index contributed by atoms with van der Waals surface area (Å²) in [5, 5.41) is 3.18. The minimum Gasteiger partial charge on any atom is -0.493 e. The SMILES string of the molecule is CCNCc1cc(F)cc(OCCCC(C)C)c1. The number of ether oxygens (including phenoxy) is 1. The van der Waals surface area contributed by atoms with Crippen LogP contribution < -0.4 is 10.1 Å². The number of halogens is 1. The first kappa shape index (κ1) is 15.0. The Kier molecular flexibility index (Phi) is 6.73. The van der Waals surface area contributed by atoms with E-state index in [1.807, 2.05) is 13.0 Å². The Hall–Kier alpha value is -1.09. The molecule has 3 heteroatoms. The zero-order chi connectivity index (χ0) is 13.4. The minimum absolute atomic E-state index is 0.232. The summed E-state index contributed by atoms with van der Waals surface area (Å²) in [6.45, 7) is 8.62. The Morgan fingerprint density at radius 1 is 1.28 bits per heavy atom. The van der Waals surface area contributed by atoms with Gasteiger partial charge >= 0.3 is 0 Å². The Morgan fingerprint density at radius 2 is 2.06 bits per heavy atom. The molecule has 18 heavy (non-hydrogen) atoms. The molecule has 0 atom stereocenters.